The van der Waals surface area contributed by atoms with Crippen molar-refractivity contribution in [2.75, 3.05) is 31.1 Å². The normalized spacial score (nSPS) is 25.1. The summed E-state index contributed by atoms with van der Waals surface area (Å²) in [7, 11) is 0. The molecule has 2 heterocycles. The first-order chi connectivity index (χ1) is 9.20. The number of amides is 2. The molecule has 2 N–H and O–H groups in total. The molecule has 2 rings (SSSR count). The van der Waals surface area contributed by atoms with E-state index < -0.39 is 0 Å². The van der Waals surface area contributed by atoms with Crippen LogP contribution in [0.15, 0.2) is 0 Å². The summed E-state index contributed by atoms with van der Waals surface area (Å²) in [6, 6.07) is 0.228. The van der Waals surface area contributed by atoms with E-state index in [-0.39, 0.29) is 23.9 Å². The number of nitrogens with one attached hydrogen (secondary N) is 2. The lowest BCUT2D eigenvalue weighted by Crippen LogP contribution is -2.54. The summed E-state index contributed by atoms with van der Waals surface area (Å²) in [6.45, 7) is 4.30. The van der Waals surface area contributed by atoms with Crippen LogP contribution in [-0.2, 0) is 9.59 Å². The molecule has 19 heavy (non-hydrogen) atoms. The minimum absolute atomic E-state index is 0.0134. The zero-order valence-electron chi connectivity index (χ0n) is 11.5. The van der Waals surface area contributed by atoms with Gasteiger partial charge in [0.25, 0.3) is 0 Å². The van der Waals surface area contributed by atoms with Gasteiger partial charge in [0.1, 0.15) is 0 Å². The third kappa shape index (κ3) is 4.11. The SMILES string of the molecule is CCC(=O)NC1CCN(C(=O)C2CSCCN2)CC1. The molecule has 0 radical (unpaired) electrons. The molecule has 2 aliphatic heterocycles. The minimum atomic E-state index is -0.0134. The van der Waals surface area contributed by atoms with Crippen LogP contribution in [0.2, 0.25) is 0 Å². The van der Waals surface area contributed by atoms with E-state index in [2.05, 4.69) is 10.6 Å². The van der Waals surface area contributed by atoms with Crippen LogP contribution < -0.4 is 10.6 Å². The number of thioether (sulfide) groups is 1. The van der Waals surface area contributed by atoms with Gasteiger partial charge in [0.05, 0.1) is 6.04 Å². The van der Waals surface area contributed by atoms with Gasteiger partial charge in [-0.2, -0.15) is 11.8 Å². The maximum Gasteiger partial charge on any atom is 0.240 e. The first-order valence-corrected chi connectivity index (χ1v) is 8.25. The van der Waals surface area contributed by atoms with Gasteiger partial charge in [-0.3, -0.25) is 9.59 Å². The molecule has 2 saturated heterocycles. The Kier molecular flexibility index (Phi) is 5.51. The molecule has 0 aromatic heterocycles. The van der Waals surface area contributed by atoms with Gasteiger partial charge in [-0.05, 0) is 12.8 Å². The third-order valence-electron chi connectivity index (χ3n) is 3.71. The summed E-state index contributed by atoms with van der Waals surface area (Å²) in [5.74, 6) is 2.31. The molecule has 0 aliphatic carbocycles. The Morgan fingerprint density at radius 3 is 2.68 bits per heavy atom. The summed E-state index contributed by atoms with van der Waals surface area (Å²) in [6.07, 6.45) is 2.27. The first-order valence-electron chi connectivity index (χ1n) is 7.10. The van der Waals surface area contributed by atoms with Crippen molar-refractivity contribution in [1.82, 2.24) is 15.5 Å². The second kappa shape index (κ2) is 7.14. The van der Waals surface area contributed by atoms with Gasteiger partial charge in [0.15, 0.2) is 0 Å². The number of carbonyl (C=O) groups excluding carboxylic acids is 2. The van der Waals surface area contributed by atoms with Crippen molar-refractivity contribution in [3.8, 4) is 0 Å². The Labute approximate surface area is 118 Å². The second-order valence-electron chi connectivity index (χ2n) is 5.10. The molecule has 0 aromatic carbocycles. The van der Waals surface area contributed by atoms with Crippen LogP contribution in [-0.4, -0.2) is 59.9 Å². The van der Waals surface area contributed by atoms with Gasteiger partial charge in [-0.1, -0.05) is 6.92 Å². The summed E-state index contributed by atoms with van der Waals surface area (Å²) in [5, 5.41) is 6.30. The quantitative estimate of drug-likeness (QED) is 0.778. The molecule has 108 valence electrons. The molecule has 2 fully saturated rings. The molecular weight excluding hydrogens is 262 g/mol. The number of hydrogen-bond donors (Lipinski definition) is 2. The number of likely N-dealkylation sites (tertiary alicyclic amines) is 1. The van der Waals surface area contributed by atoms with Crippen LogP contribution in [0.25, 0.3) is 0 Å². The molecule has 2 aliphatic rings. The molecule has 6 heteroatoms. The van der Waals surface area contributed by atoms with Gasteiger partial charge in [0.2, 0.25) is 11.8 Å². The number of rotatable bonds is 3. The van der Waals surface area contributed by atoms with Crippen molar-refractivity contribution >= 4 is 23.6 Å². The average Bonchev–Trinajstić information content (AvgIpc) is 2.48. The molecule has 5 nitrogen and oxygen atoms in total. The second-order valence-corrected chi connectivity index (χ2v) is 6.25. The van der Waals surface area contributed by atoms with Crippen LogP contribution in [0.5, 0.6) is 0 Å². The summed E-state index contributed by atoms with van der Waals surface area (Å²) in [5.41, 5.74) is 0. The highest BCUT2D eigenvalue weighted by atomic mass is 32.2. The maximum absolute atomic E-state index is 12.3. The van der Waals surface area contributed by atoms with E-state index >= 15 is 0 Å². The Balaban J connectivity index is 1.76. The number of nitrogens with zero attached hydrogens (tertiary/aromatic N) is 1. The molecule has 1 unspecified atom stereocenters. The molecule has 0 bridgehead atoms. The molecule has 1 atom stereocenters. The van der Waals surface area contributed by atoms with Gasteiger partial charge in [-0.15, -0.1) is 0 Å². The van der Waals surface area contributed by atoms with E-state index in [1.54, 1.807) is 0 Å². The van der Waals surface area contributed by atoms with Crippen molar-refractivity contribution in [3.63, 3.8) is 0 Å². The van der Waals surface area contributed by atoms with E-state index in [0.29, 0.717) is 6.42 Å². The van der Waals surface area contributed by atoms with E-state index in [1.807, 2.05) is 23.6 Å². The lowest BCUT2D eigenvalue weighted by molar-refractivity contribution is -0.134. The van der Waals surface area contributed by atoms with Crippen molar-refractivity contribution in [2.45, 2.75) is 38.3 Å². The fourth-order valence-electron chi connectivity index (χ4n) is 2.52. The van der Waals surface area contributed by atoms with Crippen molar-refractivity contribution in [3.05, 3.63) is 0 Å². The molecule has 2 amide bonds. The van der Waals surface area contributed by atoms with E-state index in [1.165, 1.54) is 0 Å². The van der Waals surface area contributed by atoms with Crippen LogP contribution in [0.3, 0.4) is 0 Å². The number of hydrogen-bond acceptors (Lipinski definition) is 4. The Hall–Kier alpha value is -0.750. The Morgan fingerprint density at radius 1 is 1.37 bits per heavy atom. The van der Waals surface area contributed by atoms with Crippen LogP contribution in [0.1, 0.15) is 26.2 Å². The zero-order chi connectivity index (χ0) is 13.7. The predicted octanol–water partition coefficient (Wildman–Crippen LogP) is 0.209. The monoisotopic (exact) mass is 285 g/mol. The van der Waals surface area contributed by atoms with E-state index in [4.69, 9.17) is 0 Å². The standard InChI is InChI=1S/C13H23N3O2S/c1-2-12(17)15-10-3-6-16(7-4-10)13(18)11-9-19-8-5-14-11/h10-11,14H,2-9H2,1H3,(H,15,17). The smallest absolute Gasteiger partial charge is 0.240 e. The van der Waals surface area contributed by atoms with Gasteiger partial charge in [0, 0.05) is 43.6 Å². The highest BCUT2D eigenvalue weighted by molar-refractivity contribution is 7.99. The number of carbonyl (C=O) groups is 2. The topological polar surface area (TPSA) is 61.4 Å². The minimum Gasteiger partial charge on any atom is -0.353 e. The van der Waals surface area contributed by atoms with Crippen LogP contribution >= 0.6 is 11.8 Å². The lowest BCUT2D eigenvalue weighted by atomic mass is 10.0. The van der Waals surface area contributed by atoms with Crippen molar-refractivity contribution in [1.29, 1.82) is 0 Å². The molecule has 0 spiro atoms. The van der Waals surface area contributed by atoms with E-state index in [0.717, 1.165) is 44.0 Å². The maximum atomic E-state index is 12.3. The fraction of sp³-hybridized carbons (Fsp3) is 0.846. The lowest BCUT2D eigenvalue weighted by Gasteiger charge is -2.35. The van der Waals surface area contributed by atoms with Crippen LogP contribution in [0, 0.1) is 0 Å². The van der Waals surface area contributed by atoms with Crippen LogP contribution in [0.4, 0.5) is 0 Å². The molecular formula is C13H23N3O2S. The summed E-state index contributed by atoms with van der Waals surface area (Å²) >= 11 is 1.84. The third-order valence-corrected chi connectivity index (χ3v) is 4.77. The summed E-state index contributed by atoms with van der Waals surface area (Å²) < 4.78 is 0. The zero-order valence-corrected chi connectivity index (χ0v) is 12.3. The first kappa shape index (κ1) is 14.7. The van der Waals surface area contributed by atoms with Gasteiger partial charge >= 0.3 is 0 Å². The molecule has 0 aromatic rings. The molecule has 0 saturated carbocycles. The van der Waals surface area contributed by atoms with Crippen molar-refractivity contribution < 1.29 is 9.59 Å². The Bertz CT molecular complexity index is 324. The highest BCUT2D eigenvalue weighted by Gasteiger charge is 2.29. The summed E-state index contributed by atoms with van der Waals surface area (Å²) in [4.78, 5) is 25.6. The van der Waals surface area contributed by atoms with E-state index in [9.17, 15) is 9.59 Å². The number of piperidine rings is 1. The largest absolute Gasteiger partial charge is 0.353 e. The van der Waals surface area contributed by atoms with Crippen molar-refractivity contribution in [2.24, 2.45) is 0 Å². The average molecular weight is 285 g/mol. The highest BCUT2D eigenvalue weighted by Crippen LogP contribution is 2.15. The Morgan fingerprint density at radius 2 is 2.11 bits per heavy atom. The van der Waals surface area contributed by atoms with Gasteiger partial charge < -0.3 is 15.5 Å². The van der Waals surface area contributed by atoms with Gasteiger partial charge in [-0.25, -0.2) is 0 Å². The fourth-order valence-corrected chi connectivity index (χ4v) is 3.44. The predicted molar refractivity (Wildman–Crippen MR) is 77.2 cm³/mol.